The van der Waals surface area contributed by atoms with E-state index < -0.39 is 11.7 Å². The Labute approximate surface area is 174 Å². The van der Waals surface area contributed by atoms with Crippen molar-refractivity contribution in [1.29, 1.82) is 0 Å². The fourth-order valence-corrected chi connectivity index (χ4v) is 4.09. The number of carbonyl (C=O) groups excluding carboxylic acids is 1. The number of nitrogens with zero attached hydrogens (tertiary/aromatic N) is 1. The average Bonchev–Trinajstić information content (AvgIpc) is 2.73. The van der Waals surface area contributed by atoms with E-state index in [2.05, 4.69) is 4.90 Å². The largest absolute Gasteiger partial charge is 0.497 e. The van der Waals surface area contributed by atoms with Gasteiger partial charge in [-0.15, -0.1) is 0 Å². The number of ether oxygens (including phenoxy) is 2. The van der Waals surface area contributed by atoms with Gasteiger partial charge in [0.1, 0.15) is 5.75 Å². The molecule has 0 aromatic heterocycles. The van der Waals surface area contributed by atoms with Crippen molar-refractivity contribution in [3.05, 3.63) is 65.2 Å². The van der Waals surface area contributed by atoms with Gasteiger partial charge in [0.15, 0.2) is 0 Å². The van der Waals surface area contributed by atoms with Crippen LogP contribution in [0.2, 0.25) is 0 Å². The molecular weight excluding hydrogens is 395 g/mol. The normalized spacial score (nSPS) is 20.0. The Balaban J connectivity index is 1.77. The number of methoxy groups -OCH3 is 2. The third kappa shape index (κ3) is 5.75. The first-order chi connectivity index (χ1) is 14.3. The topological polar surface area (TPSA) is 38.8 Å². The summed E-state index contributed by atoms with van der Waals surface area (Å²) < 4.78 is 48.6. The highest BCUT2D eigenvalue weighted by Crippen LogP contribution is 2.34. The van der Waals surface area contributed by atoms with Crippen LogP contribution in [0.5, 0.6) is 5.75 Å². The van der Waals surface area contributed by atoms with Crippen molar-refractivity contribution in [3.63, 3.8) is 0 Å². The first-order valence-corrected chi connectivity index (χ1v) is 9.87. The Morgan fingerprint density at radius 3 is 2.47 bits per heavy atom. The summed E-state index contributed by atoms with van der Waals surface area (Å²) in [5, 5.41) is 0. The van der Waals surface area contributed by atoms with E-state index in [0.717, 1.165) is 42.0 Å². The van der Waals surface area contributed by atoms with E-state index in [0.29, 0.717) is 19.5 Å². The minimum atomic E-state index is -4.34. The van der Waals surface area contributed by atoms with Gasteiger partial charge in [-0.1, -0.05) is 24.3 Å². The third-order valence-electron chi connectivity index (χ3n) is 5.55. The highest BCUT2D eigenvalue weighted by molar-refractivity contribution is 5.69. The van der Waals surface area contributed by atoms with Gasteiger partial charge in [0.05, 0.1) is 19.8 Å². The molecule has 0 bridgehead atoms. The number of piperidine rings is 1. The molecule has 2 atom stereocenters. The number of esters is 1. The van der Waals surface area contributed by atoms with Crippen LogP contribution in [0.25, 0.3) is 0 Å². The zero-order chi connectivity index (χ0) is 21.7. The third-order valence-corrected chi connectivity index (χ3v) is 5.55. The molecule has 1 fully saturated rings. The van der Waals surface area contributed by atoms with Crippen molar-refractivity contribution >= 4 is 5.97 Å². The van der Waals surface area contributed by atoms with Crippen LogP contribution in [-0.4, -0.2) is 38.2 Å². The van der Waals surface area contributed by atoms with E-state index in [1.165, 1.54) is 19.2 Å². The number of hydrogen-bond donors (Lipinski definition) is 0. The lowest BCUT2D eigenvalue weighted by Crippen LogP contribution is -2.40. The summed E-state index contributed by atoms with van der Waals surface area (Å²) in [5.74, 6) is 0.826. The number of halogens is 3. The van der Waals surface area contributed by atoms with Crippen LogP contribution < -0.4 is 4.74 Å². The highest BCUT2D eigenvalue weighted by atomic mass is 19.4. The van der Waals surface area contributed by atoms with Gasteiger partial charge in [-0.2, -0.15) is 13.2 Å². The van der Waals surface area contributed by atoms with E-state index in [-0.39, 0.29) is 17.8 Å². The van der Waals surface area contributed by atoms with Crippen molar-refractivity contribution < 1.29 is 27.4 Å². The van der Waals surface area contributed by atoms with Crippen LogP contribution in [-0.2, 0) is 22.3 Å². The lowest BCUT2D eigenvalue weighted by Gasteiger charge is -2.38. The Bertz CT molecular complexity index is 852. The second kappa shape index (κ2) is 9.51. The van der Waals surface area contributed by atoms with Crippen LogP contribution in [0.4, 0.5) is 13.2 Å². The number of rotatable bonds is 6. The van der Waals surface area contributed by atoms with Gasteiger partial charge in [-0.05, 0) is 53.6 Å². The Hall–Kier alpha value is -2.54. The molecule has 7 heteroatoms. The van der Waals surface area contributed by atoms with Gasteiger partial charge in [0, 0.05) is 26.1 Å². The smallest absolute Gasteiger partial charge is 0.416 e. The number of likely N-dealkylation sites (tertiary alicyclic amines) is 1. The monoisotopic (exact) mass is 421 g/mol. The van der Waals surface area contributed by atoms with E-state index in [1.807, 2.05) is 24.3 Å². The summed E-state index contributed by atoms with van der Waals surface area (Å²) in [4.78, 5) is 14.1. The molecule has 0 unspecified atom stereocenters. The van der Waals surface area contributed by atoms with Crippen LogP contribution in [0, 0.1) is 5.92 Å². The van der Waals surface area contributed by atoms with Crippen molar-refractivity contribution in [2.24, 2.45) is 5.92 Å². The zero-order valence-corrected chi connectivity index (χ0v) is 17.1. The number of benzene rings is 2. The van der Waals surface area contributed by atoms with E-state index in [4.69, 9.17) is 9.47 Å². The summed E-state index contributed by atoms with van der Waals surface area (Å²) in [6, 6.07) is 13.2. The lowest BCUT2D eigenvalue weighted by molar-refractivity contribution is -0.142. The molecule has 0 aliphatic carbocycles. The highest BCUT2D eigenvalue weighted by Gasteiger charge is 2.31. The van der Waals surface area contributed by atoms with Crippen LogP contribution in [0.15, 0.2) is 48.5 Å². The van der Waals surface area contributed by atoms with Crippen molar-refractivity contribution in [3.8, 4) is 5.75 Å². The van der Waals surface area contributed by atoms with Crippen LogP contribution in [0.1, 0.15) is 35.4 Å². The minimum absolute atomic E-state index is 0.108. The first-order valence-electron chi connectivity index (χ1n) is 9.87. The molecule has 0 N–H and O–H groups in total. The van der Waals surface area contributed by atoms with E-state index >= 15 is 0 Å². The molecule has 0 radical (unpaired) electrons. The molecule has 0 spiro atoms. The van der Waals surface area contributed by atoms with E-state index in [9.17, 15) is 18.0 Å². The molecule has 1 aliphatic rings. The molecule has 162 valence electrons. The average molecular weight is 421 g/mol. The molecular formula is C23H26F3NO3. The number of hydrogen-bond acceptors (Lipinski definition) is 4. The van der Waals surface area contributed by atoms with E-state index in [1.54, 1.807) is 7.11 Å². The van der Waals surface area contributed by atoms with Gasteiger partial charge >= 0.3 is 12.1 Å². The predicted octanol–water partition coefficient (Wildman–Crippen LogP) is 4.88. The van der Waals surface area contributed by atoms with Crippen molar-refractivity contribution in [2.45, 2.75) is 31.5 Å². The standard InChI is InChI=1S/C23H26F3NO3/c1-29-21-5-3-4-18(12-21)19-10-17(11-22(28)30-2)14-27(15-19)13-16-6-8-20(9-7-16)23(24,25)26/h3-9,12,17,19H,10-11,13-15H2,1-2H3/t17-,19+/m1/s1. The zero-order valence-electron chi connectivity index (χ0n) is 17.1. The maximum absolute atomic E-state index is 12.8. The minimum Gasteiger partial charge on any atom is -0.497 e. The number of carbonyl (C=O) groups is 1. The summed E-state index contributed by atoms with van der Waals surface area (Å²) in [5.41, 5.74) is 1.29. The number of alkyl halides is 3. The molecule has 1 heterocycles. The van der Waals surface area contributed by atoms with Gasteiger partial charge in [-0.25, -0.2) is 0 Å². The predicted molar refractivity (Wildman–Crippen MR) is 107 cm³/mol. The fourth-order valence-electron chi connectivity index (χ4n) is 4.09. The molecule has 4 nitrogen and oxygen atoms in total. The van der Waals surface area contributed by atoms with Crippen molar-refractivity contribution in [1.82, 2.24) is 4.90 Å². The second-order valence-electron chi connectivity index (χ2n) is 7.74. The lowest BCUT2D eigenvalue weighted by atomic mass is 9.83. The second-order valence-corrected chi connectivity index (χ2v) is 7.74. The SMILES string of the molecule is COC(=O)C[C@H]1C[C@H](c2cccc(OC)c2)CN(Cc2ccc(C(F)(F)F)cc2)C1. The molecule has 0 amide bonds. The molecule has 1 saturated heterocycles. The molecule has 3 rings (SSSR count). The Morgan fingerprint density at radius 1 is 1.10 bits per heavy atom. The molecule has 2 aromatic rings. The van der Waals surface area contributed by atoms with Gasteiger partial charge in [-0.3, -0.25) is 9.69 Å². The quantitative estimate of drug-likeness (QED) is 0.623. The molecule has 0 saturated carbocycles. The van der Waals surface area contributed by atoms with Gasteiger partial charge in [0.2, 0.25) is 0 Å². The summed E-state index contributed by atoms with van der Waals surface area (Å²) >= 11 is 0. The van der Waals surface area contributed by atoms with Crippen LogP contribution in [0.3, 0.4) is 0 Å². The summed E-state index contributed by atoms with van der Waals surface area (Å²) in [6.07, 6.45) is -3.18. The van der Waals surface area contributed by atoms with Gasteiger partial charge in [0.25, 0.3) is 0 Å². The summed E-state index contributed by atoms with van der Waals surface area (Å²) in [6.45, 7) is 1.97. The maximum atomic E-state index is 12.8. The maximum Gasteiger partial charge on any atom is 0.416 e. The molecule has 1 aliphatic heterocycles. The first kappa shape index (κ1) is 22.2. The van der Waals surface area contributed by atoms with Gasteiger partial charge < -0.3 is 9.47 Å². The van der Waals surface area contributed by atoms with Crippen molar-refractivity contribution in [2.75, 3.05) is 27.3 Å². The summed E-state index contributed by atoms with van der Waals surface area (Å²) in [7, 11) is 3.00. The Kier molecular flexibility index (Phi) is 7.02. The molecule has 2 aromatic carbocycles. The Morgan fingerprint density at radius 2 is 1.83 bits per heavy atom. The fraction of sp³-hybridized carbons (Fsp3) is 0.435. The molecule has 30 heavy (non-hydrogen) atoms. The van der Waals surface area contributed by atoms with Crippen LogP contribution >= 0.6 is 0 Å².